The van der Waals surface area contributed by atoms with Crippen molar-refractivity contribution >= 4 is 23.3 Å². The molecule has 41 heavy (non-hydrogen) atoms. The van der Waals surface area contributed by atoms with Gasteiger partial charge in [-0.15, -0.1) is 11.3 Å². The predicted octanol–water partition coefficient (Wildman–Crippen LogP) is 5.67. The third kappa shape index (κ3) is 15.6. The normalized spacial score (nSPS) is 24.2. The summed E-state index contributed by atoms with van der Waals surface area (Å²) in [6.07, 6.45) is 18.1. The SMILES string of the molecule is C=[C-]N[C@H]1CCCc2csc(n2)C[C@@H](/C=C(C)/C=C/C(C)=C/CN(C)C)OC(=O)/C=C\C=C(/C)C[C@H](C)OC1=O.[Y]. The number of rotatable bonds is 7. The Balaban J connectivity index is 0.00000840. The molecule has 3 atom stereocenters. The maximum atomic E-state index is 12.7. The molecule has 9 heteroatoms. The van der Waals surface area contributed by atoms with Crippen molar-refractivity contribution in [2.45, 2.75) is 78.0 Å². The molecule has 1 aliphatic rings. The number of aromatic nitrogens is 1. The molecule has 0 saturated heterocycles. The fraction of sp³-hybridized carbons (Fsp3) is 0.469. The van der Waals surface area contributed by atoms with E-state index in [9.17, 15) is 9.59 Å². The van der Waals surface area contributed by atoms with Crippen LogP contribution >= 0.6 is 11.3 Å². The molecule has 1 aliphatic heterocycles. The third-order valence-electron chi connectivity index (χ3n) is 6.11. The maximum Gasteiger partial charge on any atom is 0.331 e. The first-order valence-corrected chi connectivity index (χ1v) is 14.6. The number of fused-ring (bicyclic) bond motifs is 2. The van der Waals surface area contributed by atoms with Crippen LogP contribution in [0.1, 0.15) is 57.7 Å². The Hall–Kier alpha value is -2.13. The molecule has 0 aromatic carbocycles. The molecule has 0 fully saturated rings. The van der Waals surface area contributed by atoms with Crippen molar-refractivity contribution < 1.29 is 51.8 Å². The van der Waals surface area contributed by atoms with Gasteiger partial charge in [0.05, 0.1) is 16.7 Å². The van der Waals surface area contributed by atoms with Gasteiger partial charge in [0.25, 0.3) is 0 Å². The van der Waals surface area contributed by atoms with Crippen LogP contribution in [0.15, 0.2) is 71.2 Å². The van der Waals surface area contributed by atoms with E-state index in [-0.39, 0.29) is 44.8 Å². The molecule has 1 N–H and O–H groups in total. The Morgan fingerprint density at radius 1 is 1.22 bits per heavy atom. The van der Waals surface area contributed by atoms with E-state index in [2.05, 4.69) is 42.1 Å². The van der Waals surface area contributed by atoms with E-state index in [0.29, 0.717) is 19.3 Å². The first-order chi connectivity index (χ1) is 19.0. The van der Waals surface area contributed by atoms with E-state index < -0.39 is 18.1 Å². The molecule has 0 saturated carbocycles. The molecule has 0 amide bonds. The van der Waals surface area contributed by atoms with Gasteiger partial charge in [-0.25, -0.2) is 14.6 Å². The van der Waals surface area contributed by atoms with Gasteiger partial charge in [-0.3, -0.25) is 6.58 Å². The number of hydrogen-bond donors (Lipinski definition) is 1. The number of ether oxygens (including phenoxy) is 2. The third-order valence-corrected chi connectivity index (χ3v) is 7.03. The van der Waals surface area contributed by atoms with Crippen LogP contribution in [0.4, 0.5) is 0 Å². The number of thiazole rings is 1. The topological polar surface area (TPSA) is 80.8 Å². The van der Waals surface area contributed by atoms with Gasteiger partial charge in [0.1, 0.15) is 12.2 Å². The fourth-order valence-electron chi connectivity index (χ4n) is 4.05. The van der Waals surface area contributed by atoms with Crippen molar-refractivity contribution in [3.8, 4) is 0 Å². The van der Waals surface area contributed by atoms with E-state index in [4.69, 9.17) is 14.5 Å². The van der Waals surface area contributed by atoms with Crippen LogP contribution in [0.5, 0.6) is 0 Å². The summed E-state index contributed by atoms with van der Waals surface area (Å²) in [6.45, 7) is 12.3. The molecule has 0 unspecified atom stereocenters. The number of hydrogen-bond acceptors (Lipinski definition) is 8. The minimum Gasteiger partial charge on any atom is -0.556 e. The molecule has 221 valence electrons. The van der Waals surface area contributed by atoms with Crippen LogP contribution in [0, 0.1) is 6.20 Å². The summed E-state index contributed by atoms with van der Waals surface area (Å²) in [5.41, 5.74) is 4.10. The quantitative estimate of drug-likeness (QED) is 0.176. The average Bonchev–Trinajstić information content (AvgIpc) is 3.31. The van der Waals surface area contributed by atoms with Crippen molar-refractivity contribution in [3.05, 3.63) is 88.1 Å². The van der Waals surface area contributed by atoms with Crippen LogP contribution in [0.2, 0.25) is 0 Å². The van der Waals surface area contributed by atoms with Gasteiger partial charge in [-0.1, -0.05) is 47.1 Å². The number of aryl methyl sites for hydroxylation is 1. The molecule has 1 aromatic rings. The number of cyclic esters (lactones) is 2. The van der Waals surface area contributed by atoms with Crippen molar-refractivity contribution in [1.82, 2.24) is 15.2 Å². The second kappa shape index (κ2) is 19.9. The minimum atomic E-state index is -0.512. The number of carbonyl (C=O) groups is 2. The summed E-state index contributed by atoms with van der Waals surface area (Å²) in [4.78, 5) is 32.3. The second-order valence-corrected chi connectivity index (χ2v) is 11.4. The molecular weight excluding hydrogens is 611 g/mol. The van der Waals surface area contributed by atoms with Crippen LogP contribution in [-0.4, -0.2) is 60.7 Å². The van der Waals surface area contributed by atoms with Gasteiger partial charge in [-0.2, -0.15) is 0 Å². The van der Waals surface area contributed by atoms with Gasteiger partial charge in [0.2, 0.25) is 0 Å². The van der Waals surface area contributed by atoms with Crippen LogP contribution in [0.25, 0.3) is 0 Å². The number of nitrogens with one attached hydrogen (secondary N) is 1. The zero-order valence-electron chi connectivity index (χ0n) is 25.3. The Labute approximate surface area is 275 Å². The number of esters is 2. The molecule has 0 aliphatic carbocycles. The Morgan fingerprint density at radius 2 is 1.95 bits per heavy atom. The van der Waals surface area contributed by atoms with Crippen LogP contribution in [0.3, 0.4) is 0 Å². The number of allylic oxidation sites excluding steroid dienone is 6. The van der Waals surface area contributed by atoms with Gasteiger partial charge in [-0.05, 0) is 67.1 Å². The Morgan fingerprint density at radius 3 is 2.66 bits per heavy atom. The standard InChI is InChI=1S/C32H44N3O4S.Y/c1-8-33-29-13-10-12-27-22-40-30(34-27)21-28(20-25(4)16-15-23(2)17-18-35(6)7)39-31(36)14-9-11-24(3)19-26(5)38-32(29)37;/h9,11,14-17,20,22,26,28-29,33H,1,10,12-13,18-19,21H2,2-7H3;/q-1;/b14-9-,16-15+,23-17+,24-11+,25-20+;/t26-,28+,29-;/m0./s1. The van der Waals surface area contributed by atoms with E-state index in [1.807, 2.05) is 58.5 Å². The van der Waals surface area contributed by atoms with E-state index in [0.717, 1.165) is 41.2 Å². The summed E-state index contributed by atoms with van der Waals surface area (Å²) < 4.78 is 11.5. The van der Waals surface area contributed by atoms with Crippen molar-refractivity contribution in [2.24, 2.45) is 0 Å². The molecule has 7 nitrogen and oxygen atoms in total. The largest absolute Gasteiger partial charge is 0.556 e. The number of nitrogens with zero attached hydrogens (tertiary/aromatic N) is 2. The van der Waals surface area contributed by atoms with Crippen molar-refractivity contribution in [1.29, 1.82) is 0 Å². The molecule has 1 radical (unpaired) electrons. The maximum absolute atomic E-state index is 12.7. The summed E-state index contributed by atoms with van der Waals surface area (Å²) in [5.74, 6) is -0.747. The molecular formula is C32H44N3O4SY-. The Kier molecular flexibility index (Phi) is 17.9. The predicted molar refractivity (Wildman–Crippen MR) is 163 cm³/mol. The van der Waals surface area contributed by atoms with E-state index in [1.165, 1.54) is 11.6 Å². The molecule has 2 heterocycles. The first-order valence-electron chi connectivity index (χ1n) is 13.7. The van der Waals surface area contributed by atoms with Gasteiger partial charge in [0.15, 0.2) is 0 Å². The summed E-state index contributed by atoms with van der Waals surface area (Å²) in [7, 11) is 4.07. The first kappa shape index (κ1) is 36.9. The summed E-state index contributed by atoms with van der Waals surface area (Å²) in [6, 6.07) is -0.512. The van der Waals surface area contributed by atoms with E-state index in [1.54, 1.807) is 17.4 Å². The number of likely N-dealkylation sites (N-methyl/N-ethyl adjacent to an activating group) is 1. The van der Waals surface area contributed by atoms with Gasteiger partial charge >= 0.3 is 11.9 Å². The van der Waals surface area contributed by atoms with E-state index >= 15 is 0 Å². The zero-order valence-corrected chi connectivity index (χ0v) is 29.0. The molecule has 2 rings (SSSR count). The monoisotopic (exact) mass is 655 g/mol. The summed E-state index contributed by atoms with van der Waals surface area (Å²) in [5, 5.41) is 5.82. The van der Waals surface area contributed by atoms with Crippen LogP contribution in [-0.2, 0) is 64.6 Å². The molecule has 1 aromatic heterocycles. The van der Waals surface area contributed by atoms with Gasteiger partial charge < -0.3 is 25.9 Å². The number of carbonyl (C=O) groups excluding carboxylic acids is 2. The fourth-order valence-corrected chi connectivity index (χ4v) is 4.93. The summed E-state index contributed by atoms with van der Waals surface area (Å²) >= 11 is 1.55. The molecule has 0 spiro atoms. The zero-order chi connectivity index (χ0) is 29.5. The smallest absolute Gasteiger partial charge is 0.331 e. The second-order valence-electron chi connectivity index (χ2n) is 10.5. The van der Waals surface area contributed by atoms with Gasteiger partial charge in [0, 0.05) is 63.6 Å². The van der Waals surface area contributed by atoms with Crippen molar-refractivity contribution in [3.63, 3.8) is 0 Å². The van der Waals surface area contributed by atoms with Crippen molar-refractivity contribution in [2.75, 3.05) is 20.6 Å². The Bertz CT molecular complexity index is 1150. The average molecular weight is 656 g/mol. The van der Waals surface area contributed by atoms with Crippen LogP contribution < -0.4 is 5.32 Å². The molecule has 2 bridgehead atoms. The minimum absolute atomic E-state index is 0.